The second-order valence-electron chi connectivity index (χ2n) is 8.89. The Bertz CT molecular complexity index is 526. The minimum absolute atomic E-state index is 0.0841. The van der Waals surface area contributed by atoms with E-state index in [-0.39, 0.29) is 19.8 Å². The van der Waals surface area contributed by atoms with Crippen LogP contribution in [0.25, 0.3) is 0 Å². The summed E-state index contributed by atoms with van der Waals surface area (Å²) >= 11 is 0. The standard InChI is InChI=1S/C27H48O8/c28-13-8-18-33-23-27(24-34-19-9-14-29,25-35-20-10-15-30)22-32-17-7-2-1-6-16-31-21-26-11-4-3-5-12-26/h3-5,11-12,28-30H,1-2,6-10,13-25H2. The predicted octanol–water partition coefficient (Wildman–Crippen LogP) is 2.96. The van der Waals surface area contributed by atoms with Crippen molar-refractivity contribution in [1.29, 1.82) is 0 Å². The summed E-state index contributed by atoms with van der Waals surface area (Å²) in [7, 11) is 0. The van der Waals surface area contributed by atoms with E-state index >= 15 is 0 Å². The van der Waals surface area contributed by atoms with E-state index in [1.807, 2.05) is 18.2 Å². The van der Waals surface area contributed by atoms with Gasteiger partial charge >= 0.3 is 0 Å². The molecule has 35 heavy (non-hydrogen) atoms. The van der Waals surface area contributed by atoms with Gasteiger partial charge in [0.05, 0.1) is 38.4 Å². The molecule has 8 heteroatoms. The number of benzene rings is 1. The molecule has 0 saturated carbocycles. The summed E-state index contributed by atoms with van der Waals surface area (Å²) < 4.78 is 29.2. The topological polar surface area (TPSA) is 107 Å². The normalized spacial score (nSPS) is 11.9. The molecule has 0 heterocycles. The molecule has 1 aromatic carbocycles. The van der Waals surface area contributed by atoms with Gasteiger partial charge in [0.25, 0.3) is 0 Å². The number of rotatable bonds is 26. The van der Waals surface area contributed by atoms with Crippen LogP contribution in [0.1, 0.15) is 50.5 Å². The summed E-state index contributed by atoms with van der Waals surface area (Å²) in [6.45, 7) is 5.31. The summed E-state index contributed by atoms with van der Waals surface area (Å²) in [6.07, 6.45) is 5.90. The van der Waals surface area contributed by atoms with E-state index in [1.165, 1.54) is 5.56 Å². The van der Waals surface area contributed by atoms with E-state index in [2.05, 4.69) is 12.1 Å². The van der Waals surface area contributed by atoms with Gasteiger partial charge in [0.2, 0.25) is 0 Å². The van der Waals surface area contributed by atoms with Crippen molar-refractivity contribution in [1.82, 2.24) is 0 Å². The number of hydrogen-bond donors (Lipinski definition) is 3. The van der Waals surface area contributed by atoms with Gasteiger partial charge in [-0.1, -0.05) is 43.2 Å². The Hall–Kier alpha value is -1.10. The molecule has 3 N–H and O–H groups in total. The van der Waals surface area contributed by atoms with E-state index in [0.717, 1.165) is 32.3 Å². The number of ether oxygens (including phenoxy) is 5. The summed E-state index contributed by atoms with van der Waals surface area (Å²) in [5, 5.41) is 27.1. The smallest absolute Gasteiger partial charge is 0.0716 e. The Morgan fingerprint density at radius 3 is 1.31 bits per heavy atom. The summed E-state index contributed by atoms with van der Waals surface area (Å²) in [5.41, 5.74) is 0.719. The highest BCUT2D eigenvalue weighted by atomic mass is 16.5. The van der Waals surface area contributed by atoms with Gasteiger partial charge in [0.15, 0.2) is 0 Å². The molecule has 0 aromatic heterocycles. The summed E-state index contributed by atoms with van der Waals surface area (Å²) in [6, 6.07) is 10.2. The molecular formula is C27H48O8. The van der Waals surface area contributed by atoms with Crippen molar-refractivity contribution in [3.05, 3.63) is 35.9 Å². The molecule has 0 atom stereocenters. The maximum absolute atomic E-state index is 9.03. The van der Waals surface area contributed by atoms with Crippen LogP contribution >= 0.6 is 0 Å². The van der Waals surface area contributed by atoms with Crippen LogP contribution in [-0.4, -0.2) is 94.6 Å². The lowest BCUT2D eigenvalue weighted by Gasteiger charge is -2.33. The maximum atomic E-state index is 9.03. The minimum atomic E-state index is -0.481. The first-order chi connectivity index (χ1) is 17.3. The largest absolute Gasteiger partial charge is 0.396 e. The molecule has 0 spiro atoms. The van der Waals surface area contributed by atoms with Gasteiger partial charge in [-0.25, -0.2) is 0 Å². The monoisotopic (exact) mass is 500 g/mol. The lowest BCUT2D eigenvalue weighted by molar-refractivity contribution is -0.109. The van der Waals surface area contributed by atoms with Crippen LogP contribution < -0.4 is 0 Å². The zero-order valence-corrected chi connectivity index (χ0v) is 21.4. The first-order valence-corrected chi connectivity index (χ1v) is 13.0. The SMILES string of the molecule is OCCCOCC(COCCCO)(COCCCO)COCCCCCCOCc1ccccc1. The summed E-state index contributed by atoms with van der Waals surface area (Å²) in [4.78, 5) is 0. The van der Waals surface area contributed by atoms with Crippen molar-refractivity contribution in [3.8, 4) is 0 Å². The third-order valence-corrected chi connectivity index (χ3v) is 5.41. The number of unbranched alkanes of at least 4 members (excludes halogenated alkanes) is 3. The number of aliphatic hydroxyl groups excluding tert-OH is 3. The van der Waals surface area contributed by atoms with Gasteiger partial charge in [0.1, 0.15) is 0 Å². The number of aliphatic hydroxyl groups is 3. The van der Waals surface area contributed by atoms with Crippen molar-refractivity contribution in [2.75, 3.05) is 79.3 Å². The molecule has 1 aromatic rings. The van der Waals surface area contributed by atoms with E-state index in [9.17, 15) is 0 Å². The average Bonchev–Trinajstić information content (AvgIpc) is 2.89. The molecule has 0 saturated heterocycles. The van der Waals surface area contributed by atoms with Crippen molar-refractivity contribution in [3.63, 3.8) is 0 Å². The van der Waals surface area contributed by atoms with Crippen molar-refractivity contribution in [2.24, 2.45) is 5.41 Å². The van der Waals surface area contributed by atoms with E-state index < -0.39 is 5.41 Å². The molecule has 0 unspecified atom stereocenters. The first kappa shape index (κ1) is 31.9. The highest BCUT2D eigenvalue weighted by molar-refractivity contribution is 5.13. The predicted molar refractivity (Wildman–Crippen MR) is 135 cm³/mol. The molecule has 1 rings (SSSR count). The van der Waals surface area contributed by atoms with Crippen LogP contribution in [0.3, 0.4) is 0 Å². The summed E-state index contributed by atoms with van der Waals surface area (Å²) in [5.74, 6) is 0. The Labute approximate surface area is 211 Å². The van der Waals surface area contributed by atoms with Gasteiger partial charge in [-0.05, 0) is 37.7 Å². The highest BCUT2D eigenvalue weighted by Crippen LogP contribution is 2.21. The van der Waals surface area contributed by atoms with Crippen molar-refractivity contribution >= 4 is 0 Å². The van der Waals surface area contributed by atoms with Crippen molar-refractivity contribution < 1.29 is 39.0 Å². The zero-order chi connectivity index (χ0) is 25.3. The second kappa shape index (κ2) is 23.3. The van der Waals surface area contributed by atoms with E-state index in [0.29, 0.717) is 78.7 Å². The first-order valence-electron chi connectivity index (χ1n) is 13.0. The third-order valence-electron chi connectivity index (χ3n) is 5.41. The number of hydrogen-bond acceptors (Lipinski definition) is 8. The van der Waals surface area contributed by atoms with E-state index in [1.54, 1.807) is 0 Å². The minimum Gasteiger partial charge on any atom is -0.396 e. The highest BCUT2D eigenvalue weighted by Gasteiger charge is 2.32. The molecule has 204 valence electrons. The van der Waals surface area contributed by atoms with Crippen LogP contribution in [0.2, 0.25) is 0 Å². The molecule has 0 aliphatic rings. The van der Waals surface area contributed by atoms with Crippen LogP contribution in [0.15, 0.2) is 30.3 Å². The van der Waals surface area contributed by atoms with Crippen molar-refractivity contribution in [2.45, 2.75) is 51.6 Å². The van der Waals surface area contributed by atoms with Gasteiger partial charge in [-0.3, -0.25) is 0 Å². The zero-order valence-electron chi connectivity index (χ0n) is 21.4. The maximum Gasteiger partial charge on any atom is 0.0716 e. The second-order valence-corrected chi connectivity index (χ2v) is 8.89. The molecular weight excluding hydrogens is 452 g/mol. The lowest BCUT2D eigenvalue weighted by Crippen LogP contribution is -2.42. The molecule has 0 radical (unpaired) electrons. The van der Waals surface area contributed by atoms with Crippen LogP contribution in [0, 0.1) is 5.41 Å². The van der Waals surface area contributed by atoms with E-state index in [4.69, 9.17) is 39.0 Å². The van der Waals surface area contributed by atoms with Gasteiger partial charge < -0.3 is 39.0 Å². The van der Waals surface area contributed by atoms with Crippen LogP contribution in [0.4, 0.5) is 0 Å². The van der Waals surface area contributed by atoms with Crippen LogP contribution in [-0.2, 0) is 30.3 Å². The molecule has 0 bridgehead atoms. The molecule has 8 nitrogen and oxygen atoms in total. The fourth-order valence-electron chi connectivity index (χ4n) is 3.43. The molecule has 0 fully saturated rings. The van der Waals surface area contributed by atoms with Gasteiger partial charge in [0, 0.05) is 52.9 Å². The lowest BCUT2D eigenvalue weighted by atomic mass is 9.92. The Morgan fingerprint density at radius 1 is 0.486 bits per heavy atom. The van der Waals surface area contributed by atoms with Gasteiger partial charge in [-0.2, -0.15) is 0 Å². The quantitative estimate of drug-likeness (QED) is 0.167. The molecule has 0 aliphatic carbocycles. The molecule has 0 amide bonds. The fourth-order valence-corrected chi connectivity index (χ4v) is 3.43. The fraction of sp³-hybridized carbons (Fsp3) is 0.778. The molecule has 0 aliphatic heterocycles. The van der Waals surface area contributed by atoms with Crippen LogP contribution in [0.5, 0.6) is 0 Å². The average molecular weight is 501 g/mol. The third kappa shape index (κ3) is 17.9. The Balaban J connectivity index is 2.33. The van der Waals surface area contributed by atoms with Gasteiger partial charge in [-0.15, -0.1) is 0 Å². The Kier molecular flexibility index (Phi) is 21.3. The Morgan fingerprint density at radius 2 is 0.886 bits per heavy atom.